The summed E-state index contributed by atoms with van der Waals surface area (Å²) in [7, 11) is -5.61. The smallest absolute Gasteiger partial charge is 0.894 e. The van der Waals surface area contributed by atoms with Crippen molar-refractivity contribution in [3.8, 4) is 0 Å². The Kier molecular flexibility index (Phi) is 16.9. The molecule has 0 atom stereocenters. The standard InChI is InChI=1S/K.Nd.O4Si/c;;1-5(2,3)4/q+1;+3;-4. The monoisotopic (exact) mass is 273 g/mol. The first-order valence-electron chi connectivity index (χ1n) is 0.816. The van der Waals surface area contributed by atoms with Crippen molar-refractivity contribution >= 4 is 9.05 Å². The largest absolute Gasteiger partial charge is 3.00 e. The third kappa shape index (κ3) is 48.4. The normalized spacial score (nSPS) is 8.57. The Hall–Kier alpha value is 3.04. The summed E-state index contributed by atoms with van der Waals surface area (Å²) >= 11 is 0. The molecule has 0 aliphatic carbocycles. The molecule has 0 unspecified atom stereocenters. The molecule has 0 N–H and O–H groups in total. The molecule has 4 nitrogen and oxygen atoms in total. The van der Waals surface area contributed by atoms with Gasteiger partial charge in [0, 0.05) is 0 Å². The van der Waals surface area contributed by atoms with Crippen molar-refractivity contribution in [1.29, 1.82) is 0 Å². The van der Waals surface area contributed by atoms with Crippen LogP contribution in [0.1, 0.15) is 0 Å². The van der Waals surface area contributed by atoms with Gasteiger partial charge in [0.25, 0.3) is 0 Å². The van der Waals surface area contributed by atoms with Crippen LogP contribution in [0, 0.1) is 40.8 Å². The Morgan fingerprint density at radius 1 is 0.857 bits per heavy atom. The van der Waals surface area contributed by atoms with Gasteiger partial charge in [-0.1, -0.05) is 0 Å². The molecule has 0 spiro atoms. The van der Waals surface area contributed by atoms with Crippen molar-refractivity contribution in [2.24, 2.45) is 0 Å². The van der Waals surface area contributed by atoms with E-state index in [1.54, 1.807) is 0 Å². The summed E-state index contributed by atoms with van der Waals surface area (Å²) in [5.74, 6) is 0. The van der Waals surface area contributed by atoms with E-state index in [1.165, 1.54) is 0 Å². The predicted molar refractivity (Wildman–Crippen MR) is 5.75 cm³/mol. The molecule has 0 bridgehead atoms. The third-order valence-corrected chi connectivity index (χ3v) is 0. The van der Waals surface area contributed by atoms with Crippen molar-refractivity contribution in [3.63, 3.8) is 0 Å². The quantitative estimate of drug-likeness (QED) is 0.411. The minimum Gasteiger partial charge on any atom is -0.894 e. The molecule has 0 aliphatic rings. The van der Waals surface area contributed by atoms with Gasteiger partial charge in [0.1, 0.15) is 0 Å². The molecule has 7 heavy (non-hydrogen) atoms. The molecule has 0 aromatic carbocycles. The molecule has 0 aromatic rings. The van der Waals surface area contributed by atoms with Crippen LogP contribution in [-0.2, 0) is 0 Å². The predicted octanol–water partition coefficient (Wildman–Crippen LogP) is -8.13. The first-order valence-corrected chi connectivity index (χ1v) is 2.45. The summed E-state index contributed by atoms with van der Waals surface area (Å²) in [4.78, 5) is 34.3. The summed E-state index contributed by atoms with van der Waals surface area (Å²) in [6.45, 7) is 0. The van der Waals surface area contributed by atoms with Crippen molar-refractivity contribution in [1.82, 2.24) is 0 Å². The summed E-state index contributed by atoms with van der Waals surface area (Å²) in [6, 6.07) is 0. The van der Waals surface area contributed by atoms with E-state index in [0.717, 1.165) is 0 Å². The van der Waals surface area contributed by atoms with E-state index in [0.29, 0.717) is 0 Å². The molecule has 0 saturated heterocycles. The minimum atomic E-state index is -5.61. The van der Waals surface area contributed by atoms with Crippen LogP contribution in [0.2, 0.25) is 0 Å². The Morgan fingerprint density at radius 3 is 0.857 bits per heavy atom. The first-order chi connectivity index (χ1) is 2.00. The van der Waals surface area contributed by atoms with Crippen LogP contribution >= 0.6 is 0 Å². The summed E-state index contributed by atoms with van der Waals surface area (Å²) in [6.07, 6.45) is 0. The number of hydrogen-bond donors (Lipinski definition) is 0. The van der Waals surface area contributed by atoms with E-state index in [4.69, 9.17) is 19.2 Å². The molecule has 33 valence electrons. The molecular weight excluding hydrogens is 275 g/mol. The third-order valence-electron chi connectivity index (χ3n) is 0. The maximum absolute atomic E-state index is 8.58. The van der Waals surface area contributed by atoms with Gasteiger partial charge in [0.05, 0.1) is 0 Å². The van der Waals surface area contributed by atoms with Crippen LogP contribution in [-0.4, -0.2) is 9.05 Å². The molecule has 0 saturated carbocycles. The SMILES string of the molecule is [K+].[Nd+3].[O-][Si]([O-])([O-])[O-]. The zero-order valence-electron chi connectivity index (χ0n) is 3.63. The van der Waals surface area contributed by atoms with Gasteiger partial charge in [-0.05, 0) is 0 Å². The Bertz CT molecular complexity index is 27.2. The second-order valence-corrected chi connectivity index (χ2v) is 1.50. The minimum absolute atomic E-state index is 0. The molecule has 0 rings (SSSR count). The summed E-state index contributed by atoms with van der Waals surface area (Å²) < 4.78 is 0. The molecule has 0 heterocycles. The molecule has 0 amide bonds. The van der Waals surface area contributed by atoms with E-state index >= 15 is 0 Å². The van der Waals surface area contributed by atoms with Crippen LogP contribution < -0.4 is 70.6 Å². The van der Waals surface area contributed by atoms with E-state index in [9.17, 15) is 0 Å². The van der Waals surface area contributed by atoms with E-state index in [1.807, 2.05) is 0 Å². The van der Waals surface area contributed by atoms with Gasteiger partial charge >= 0.3 is 92.2 Å². The average molecular weight is 275 g/mol. The molecule has 0 aromatic heterocycles. The Labute approximate surface area is 117 Å². The second-order valence-electron chi connectivity index (χ2n) is 0.500. The van der Waals surface area contributed by atoms with Crippen molar-refractivity contribution in [2.45, 2.75) is 0 Å². The van der Waals surface area contributed by atoms with Gasteiger partial charge in [0.15, 0.2) is 0 Å². The topological polar surface area (TPSA) is 92.2 Å². The van der Waals surface area contributed by atoms with Crippen LogP contribution in [0.3, 0.4) is 0 Å². The molecule has 1 radical (unpaired) electrons. The van der Waals surface area contributed by atoms with Gasteiger partial charge < -0.3 is 28.2 Å². The van der Waals surface area contributed by atoms with Gasteiger partial charge in [-0.2, -0.15) is 0 Å². The van der Waals surface area contributed by atoms with Crippen LogP contribution in [0.15, 0.2) is 0 Å². The van der Waals surface area contributed by atoms with Gasteiger partial charge in [-0.15, -0.1) is 0 Å². The fourth-order valence-corrected chi connectivity index (χ4v) is 0. The van der Waals surface area contributed by atoms with Crippen molar-refractivity contribution in [2.75, 3.05) is 0 Å². The van der Waals surface area contributed by atoms with Gasteiger partial charge in [0.2, 0.25) is 0 Å². The van der Waals surface area contributed by atoms with E-state index in [2.05, 4.69) is 0 Å². The van der Waals surface area contributed by atoms with Crippen LogP contribution in [0.5, 0.6) is 0 Å². The fourth-order valence-electron chi connectivity index (χ4n) is 0. The van der Waals surface area contributed by atoms with E-state index in [-0.39, 0.29) is 92.2 Å². The van der Waals surface area contributed by atoms with Gasteiger partial charge in [-0.25, -0.2) is 0 Å². The maximum atomic E-state index is 8.58. The molecular formula is KNdO4Si. The summed E-state index contributed by atoms with van der Waals surface area (Å²) in [5.41, 5.74) is 0. The number of hydrogen-bond acceptors (Lipinski definition) is 4. The second kappa shape index (κ2) is 7.15. The molecule has 0 aliphatic heterocycles. The molecule has 7 heteroatoms. The zero-order valence-corrected chi connectivity index (χ0v) is 11.0. The van der Waals surface area contributed by atoms with Crippen LogP contribution in [0.4, 0.5) is 0 Å². The zero-order chi connectivity index (χ0) is 4.50. The first kappa shape index (κ1) is 16.6. The Morgan fingerprint density at radius 2 is 0.857 bits per heavy atom. The fraction of sp³-hybridized carbons (Fsp3) is 0. The van der Waals surface area contributed by atoms with Crippen molar-refractivity contribution < 1.29 is 111 Å². The maximum Gasteiger partial charge on any atom is 3.00 e. The van der Waals surface area contributed by atoms with Gasteiger partial charge in [-0.3, -0.25) is 0 Å². The van der Waals surface area contributed by atoms with E-state index < -0.39 is 9.05 Å². The average Bonchev–Trinajstić information content (AvgIpc) is 0.722. The van der Waals surface area contributed by atoms with Crippen LogP contribution in [0.25, 0.3) is 0 Å². The summed E-state index contributed by atoms with van der Waals surface area (Å²) in [5, 5.41) is 0. The number of rotatable bonds is 0. The van der Waals surface area contributed by atoms with Crippen molar-refractivity contribution in [3.05, 3.63) is 0 Å². The Balaban J connectivity index is -0.0000000800. The molecule has 0 fully saturated rings.